The summed E-state index contributed by atoms with van der Waals surface area (Å²) in [6.07, 6.45) is 7.11. The number of hydrogen-bond donors (Lipinski definition) is 7. The smallest absolute Gasteiger partial charge is 0.269 e. The molecule has 0 saturated heterocycles. The maximum Gasteiger partial charge on any atom is 0.269 e. The van der Waals surface area contributed by atoms with Crippen LogP contribution in [0.1, 0.15) is 84.9 Å². The van der Waals surface area contributed by atoms with Gasteiger partial charge < -0.3 is 46.1 Å². The Morgan fingerprint density at radius 1 is 0.831 bits per heavy atom. The maximum atomic E-state index is 14.5. The predicted molar refractivity (Wildman–Crippen MR) is 261 cm³/mol. The molecule has 7 rings (SSSR count). The van der Waals surface area contributed by atoms with Gasteiger partial charge in [-0.05, 0) is 86.4 Å². The summed E-state index contributed by atoms with van der Waals surface area (Å²) in [4.78, 5) is 103. The summed E-state index contributed by atoms with van der Waals surface area (Å²) in [5, 5.41) is 30.9. The lowest BCUT2D eigenvalue weighted by Gasteiger charge is -2.21. The van der Waals surface area contributed by atoms with Crippen LogP contribution in [0.4, 0.5) is 4.39 Å². The summed E-state index contributed by atoms with van der Waals surface area (Å²) in [7, 11) is 0. The van der Waals surface area contributed by atoms with Crippen LogP contribution >= 0.6 is 0 Å². The Balaban J connectivity index is 0.000000265. The van der Waals surface area contributed by atoms with Gasteiger partial charge in [-0.1, -0.05) is 50.6 Å². The number of nitrogens with zero attached hydrogens (tertiary/aromatic N) is 3. The highest BCUT2D eigenvalue weighted by atomic mass is 19.1. The van der Waals surface area contributed by atoms with E-state index in [0.29, 0.717) is 42.5 Å². The first-order valence-electron chi connectivity index (χ1n) is 23.5. The molecule has 2 aromatic carbocycles. The fourth-order valence-corrected chi connectivity index (χ4v) is 8.40. The minimum absolute atomic E-state index is 0.0343. The molecule has 2 aromatic heterocycles. The van der Waals surface area contributed by atoms with Crippen molar-refractivity contribution >= 4 is 52.3 Å². The van der Waals surface area contributed by atoms with Crippen molar-refractivity contribution in [2.45, 2.75) is 98.3 Å². The number of nitrogens with one attached hydrogen (secondary N) is 5. The van der Waals surface area contributed by atoms with Crippen molar-refractivity contribution in [1.29, 1.82) is 0 Å². The SMILES string of the molecule is C=C(O)OCc1c(C)cc2n(c1=O)Cc1c-2nc2cc(F)c(C)c3c2c1CCC3.CC.O=C(CCCCCN1C(=O)C=CC1=O)NCC(=O)NCC(=O)NC(Cc1ccccc1)C(=O)NCC(=O)NCO. The van der Waals surface area contributed by atoms with Crippen molar-refractivity contribution in [3.63, 3.8) is 0 Å². The number of aliphatic hydroxyl groups excluding tert-OH is 2. The maximum absolute atomic E-state index is 14.5. The van der Waals surface area contributed by atoms with E-state index in [9.17, 15) is 47.9 Å². The minimum Gasteiger partial charge on any atom is -0.481 e. The van der Waals surface area contributed by atoms with E-state index in [1.165, 1.54) is 23.8 Å². The number of unbranched alkanes of at least 4 members (excludes halogenated alkanes) is 2. The fraction of sp³-hybridized carbons (Fsp3) is 0.392. The Morgan fingerprint density at radius 3 is 2.17 bits per heavy atom. The zero-order valence-corrected chi connectivity index (χ0v) is 40.4. The highest BCUT2D eigenvalue weighted by Crippen LogP contribution is 2.41. The summed E-state index contributed by atoms with van der Waals surface area (Å²) >= 11 is 0. The largest absolute Gasteiger partial charge is 0.481 e. The van der Waals surface area contributed by atoms with E-state index < -0.39 is 55.4 Å². The molecule has 0 spiro atoms. The van der Waals surface area contributed by atoms with E-state index in [4.69, 9.17) is 14.8 Å². The van der Waals surface area contributed by atoms with Crippen LogP contribution in [0.5, 0.6) is 0 Å². The molecule has 3 aliphatic rings. The Hall–Kier alpha value is -7.74. The van der Waals surface area contributed by atoms with Crippen molar-refractivity contribution in [3.05, 3.63) is 122 Å². The number of benzene rings is 2. The Kier molecular flexibility index (Phi) is 19.7. The molecule has 1 atom stereocenters. The number of hydrogen-bond acceptors (Lipinski definition) is 12. The Bertz CT molecular complexity index is 2760. The van der Waals surface area contributed by atoms with Crippen LogP contribution in [-0.4, -0.2) is 105 Å². The lowest BCUT2D eigenvalue weighted by Crippen LogP contribution is -2.52. The summed E-state index contributed by atoms with van der Waals surface area (Å²) in [5.41, 5.74) is 8.03. The summed E-state index contributed by atoms with van der Waals surface area (Å²) in [6.45, 7) is 9.90. The molecule has 7 N–H and O–H groups in total. The van der Waals surface area contributed by atoms with Crippen molar-refractivity contribution in [1.82, 2.24) is 41.0 Å². The molecule has 0 saturated carbocycles. The fourth-order valence-electron chi connectivity index (χ4n) is 8.40. The number of fused-ring (bicyclic) bond motifs is 4. The molecule has 378 valence electrons. The molecular formula is C51H61FN8O11. The first-order valence-corrected chi connectivity index (χ1v) is 23.5. The number of halogens is 1. The number of ether oxygens (including phenoxy) is 1. The average molecular weight is 981 g/mol. The summed E-state index contributed by atoms with van der Waals surface area (Å²) in [6, 6.07) is 11.3. The summed E-state index contributed by atoms with van der Waals surface area (Å²) in [5.74, 6) is -4.19. The van der Waals surface area contributed by atoms with E-state index in [0.717, 1.165) is 63.2 Å². The van der Waals surface area contributed by atoms with Crippen LogP contribution in [0.3, 0.4) is 0 Å². The second kappa shape index (κ2) is 25.7. The molecule has 20 heteroatoms. The monoisotopic (exact) mass is 980 g/mol. The highest BCUT2D eigenvalue weighted by molar-refractivity contribution is 6.12. The van der Waals surface area contributed by atoms with E-state index in [2.05, 4.69) is 33.2 Å². The molecule has 7 amide bonds. The Labute approximate surface area is 409 Å². The number of aryl methyl sites for hydroxylation is 3. The number of imide groups is 1. The molecule has 1 unspecified atom stereocenters. The lowest BCUT2D eigenvalue weighted by molar-refractivity contribution is -0.137. The first-order chi connectivity index (χ1) is 34.1. The van der Waals surface area contributed by atoms with Crippen LogP contribution in [0, 0.1) is 19.7 Å². The second-order valence-corrected chi connectivity index (χ2v) is 16.7. The van der Waals surface area contributed by atoms with Crippen LogP contribution in [-0.2, 0) is 70.7 Å². The minimum atomic E-state index is -1.04. The van der Waals surface area contributed by atoms with Gasteiger partial charge in [-0.25, -0.2) is 9.37 Å². The third-order valence-corrected chi connectivity index (χ3v) is 11.9. The molecule has 0 fully saturated rings. The van der Waals surface area contributed by atoms with E-state index in [1.54, 1.807) is 34.9 Å². The predicted octanol–water partition coefficient (Wildman–Crippen LogP) is 2.86. The molecule has 0 bridgehead atoms. The molecule has 1 aliphatic carbocycles. The number of pyridine rings is 2. The first kappa shape index (κ1) is 54.2. The van der Waals surface area contributed by atoms with Gasteiger partial charge in [0, 0.05) is 48.6 Å². The normalized spacial score (nSPS) is 13.1. The summed E-state index contributed by atoms with van der Waals surface area (Å²) < 4.78 is 21.3. The quantitative estimate of drug-likeness (QED) is 0.0257. The highest BCUT2D eigenvalue weighted by Gasteiger charge is 2.31. The molecule has 4 heterocycles. The van der Waals surface area contributed by atoms with Gasteiger partial charge in [-0.3, -0.25) is 43.3 Å². The lowest BCUT2D eigenvalue weighted by atomic mass is 9.85. The van der Waals surface area contributed by atoms with E-state index in [-0.39, 0.29) is 61.6 Å². The van der Waals surface area contributed by atoms with Crippen LogP contribution < -0.4 is 32.1 Å². The average Bonchev–Trinajstić information content (AvgIpc) is 3.89. The van der Waals surface area contributed by atoms with Crippen molar-refractivity contribution in [3.8, 4) is 11.4 Å². The number of aromatic nitrogens is 2. The number of rotatable bonds is 20. The third kappa shape index (κ3) is 14.2. The molecule has 0 radical (unpaired) electrons. The van der Waals surface area contributed by atoms with Crippen molar-refractivity contribution in [2.75, 3.05) is 32.9 Å². The molecule has 2 aliphatic heterocycles. The van der Waals surface area contributed by atoms with Gasteiger partial charge >= 0.3 is 0 Å². The van der Waals surface area contributed by atoms with Gasteiger partial charge in [0.25, 0.3) is 23.3 Å². The van der Waals surface area contributed by atoms with Gasteiger partial charge in [0.15, 0.2) is 0 Å². The molecule has 71 heavy (non-hydrogen) atoms. The van der Waals surface area contributed by atoms with Crippen molar-refractivity contribution in [2.24, 2.45) is 0 Å². The van der Waals surface area contributed by atoms with Gasteiger partial charge in [-0.2, -0.15) is 0 Å². The van der Waals surface area contributed by atoms with Gasteiger partial charge in [0.1, 0.15) is 25.2 Å². The van der Waals surface area contributed by atoms with Gasteiger partial charge in [0.2, 0.25) is 29.5 Å². The number of carbonyl (C=O) groups is 7. The van der Waals surface area contributed by atoms with E-state index in [1.807, 2.05) is 33.8 Å². The zero-order valence-electron chi connectivity index (χ0n) is 40.4. The third-order valence-electron chi connectivity index (χ3n) is 11.9. The van der Waals surface area contributed by atoms with Crippen LogP contribution in [0.25, 0.3) is 22.3 Å². The molecule has 19 nitrogen and oxygen atoms in total. The topological polar surface area (TPSA) is 267 Å². The Morgan fingerprint density at radius 2 is 1.48 bits per heavy atom. The standard InChI is InChI=1S/C26H34N6O8.C23H21FN2O3.C2H6/c33-17-30-22(36)15-29-26(40)19(13-18-7-3-1-4-8-18)31-23(37)16-28-21(35)14-27-20(34)9-5-2-6-12-32-24(38)10-11-25(32)39;1-11-7-20-22-16(9-26(20)23(28)17(11)10-29-13(3)27)15-6-4-5-14-12(2)18(24)8-19(25-22)21(14)15;1-2/h1,3-4,7-8,10-11,19,33H,2,5-6,9,12-17H2,(H,27,34)(H,28,35)(H,29,40)(H,30,36)(H,31,37);7-8,27H,3-6,9-10H2,1-2H3;1-2H3. The number of amides is 7. The van der Waals surface area contributed by atoms with E-state index >= 15 is 0 Å². The van der Waals surface area contributed by atoms with Crippen molar-refractivity contribution < 1.29 is 52.9 Å². The number of carbonyl (C=O) groups excluding carboxylic acids is 7. The van der Waals surface area contributed by atoms with Crippen LogP contribution in [0.15, 0.2) is 71.9 Å². The van der Waals surface area contributed by atoms with Gasteiger partial charge in [-0.15, -0.1) is 0 Å². The molecule has 4 aromatic rings. The second-order valence-electron chi connectivity index (χ2n) is 16.7. The molecular weight excluding hydrogens is 920 g/mol. The number of aliphatic hydroxyl groups is 2. The zero-order chi connectivity index (χ0) is 51.8. The van der Waals surface area contributed by atoms with Gasteiger partial charge in [0.05, 0.1) is 48.6 Å². The van der Waals surface area contributed by atoms with Crippen LogP contribution in [0.2, 0.25) is 0 Å².